The molecule has 2 heterocycles. The zero-order chi connectivity index (χ0) is 19.7. The number of hydrogen-bond donors (Lipinski definition) is 3. The number of hydrogen-bond acceptors (Lipinski definition) is 5. The van der Waals surface area contributed by atoms with E-state index >= 15 is 0 Å². The molecule has 2 aromatic carbocycles. The number of pyridine rings is 1. The molecule has 0 aliphatic rings. The monoisotopic (exact) mass is 384 g/mol. The van der Waals surface area contributed by atoms with Crippen molar-refractivity contribution in [3.63, 3.8) is 0 Å². The first-order valence-corrected chi connectivity index (χ1v) is 9.77. The van der Waals surface area contributed by atoms with Crippen LogP contribution in [0.4, 0.5) is 5.69 Å². The van der Waals surface area contributed by atoms with E-state index in [4.69, 9.17) is 4.98 Å². The Balaban J connectivity index is 1.44. The van der Waals surface area contributed by atoms with Crippen molar-refractivity contribution in [3.8, 4) is 11.4 Å². The van der Waals surface area contributed by atoms with E-state index in [1.165, 1.54) is 5.56 Å². The van der Waals surface area contributed by atoms with Gasteiger partial charge in [-0.1, -0.05) is 48.5 Å². The van der Waals surface area contributed by atoms with Crippen LogP contribution < -0.4 is 10.6 Å². The van der Waals surface area contributed by atoms with E-state index < -0.39 is 0 Å². The summed E-state index contributed by atoms with van der Waals surface area (Å²) in [5.74, 6) is 1.47. The molecule has 0 radical (unpaired) electrons. The van der Waals surface area contributed by atoms with E-state index in [0.717, 1.165) is 42.4 Å². The SMILES string of the molecule is c1ccc(CCNCC(Nc2ccccc2)c2n[nH]c(-c3ccncc3)n2)cc1. The molecule has 0 saturated carbocycles. The van der Waals surface area contributed by atoms with E-state index in [1.54, 1.807) is 12.4 Å². The summed E-state index contributed by atoms with van der Waals surface area (Å²) in [4.78, 5) is 8.78. The average molecular weight is 384 g/mol. The van der Waals surface area contributed by atoms with E-state index in [2.05, 4.69) is 50.1 Å². The quantitative estimate of drug-likeness (QED) is 0.382. The minimum Gasteiger partial charge on any atom is -0.374 e. The molecule has 29 heavy (non-hydrogen) atoms. The fraction of sp³-hybridized carbons (Fsp3) is 0.174. The van der Waals surface area contributed by atoms with E-state index in [-0.39, 0.29) is 6.04 Å². The van der Waals surface area contributed by atoms with Crippen LogP contribution >= 0.6 is 0 Å². The first-order chi connectivity index (χ1) is 14.4. The molecule has 0 fully saturated rings. The molecule has 1 unspecified atom stereocenters. The Hall–Kier alpha value is -3.51. The standard InChI is InChI=1S/C23H24N6/c1-3-7-18(8-4-1)11-14-25-17-21(26-20-9-5-2-6-10-20)23-27-22(28-29-23)19-12-15-24-16-13-19/h1-10,12-13,15-16,21,25-26H,11,14,17H2,(H,27,28,29). The second kappa shape index (κ2) is 9.61. The van der Waals surface area contributed by atoms with Gasteiger partial charge in [0.1, 0.15) is 6.04 Å². The number of benzene rings is 2. The van der Waals surface area contributed by atoms with Crippen LogP contribution in [0.5, 0.6) is 0 Å². The maximum atomic E-state index is 4.72. The van der Waals surface area contributed by atoms with Gasteiger partial charge in [0.2, 0.25) is 0 Å². The number of para-hydroxylation sites is 1. The number of aromatic amines is 1. The van der Waals surface area contributed by atoms with Gasteiger partial charge in [0.25, 0.3) is 0 Å². The molecule has 146 valence electrons. The lowest BCUT2D eigenvalue weighted by Crippen LogP contribution is -2.28. The summed E-state index contributed by atoms with van der Waals surface area (Å²) in [5, 5.41) is 14.6. The van der Waals surface area contributed by atoms with Gasteiger partial charge in [-0.3, -0.25) is 10.1 Å². The number of nitrogens with one attached hydrogen (secondary N) is 3. The summed E-state index contributed by atoms with van der Waals surface area (Å²) >= 11 is 0. The fourth-order valence-corrected chi connectivity index (χ4v) is 3.14. The minimum absolute atomic E-state index is 0.0555. The predicted octanol–water partition coefficient (Wildman–Crippen LogP) is 3.85. The van der Waals surface area contributed by atoms with E-state index in [9.17, 15) is 0 Å². The third kappa shape index (κ3) is 5.27. The Labute approximate surface area is 170 Å². The van der Waals surface area contributed by atoms with Gasteiger partial charge in [0.05, 0.1) is 0 Å². The largest absolute Gasteiger partial charge is 0.374 e. The first kappa shape index (κ1) is 18.8. The topological polar surface area (TPSA) is 78.5 Å². The molecule has 0 aliphatic heterocycles. The maximum absolute atomic E-state index is 4.72. The average Bonchev–Trinajstić information content (AvgIpc) is 3.28. The number of H-pyrrole nitrogens is 1. The first-order valence-electron chi connectivity index (χ1n) is 9.77. The number of rotatable bonds is 9. The van der Waals surface area contributed by atoms with Crippen molar-refractivity contribution in [2.24, 2.45) is 0 Å². The molecule has 4 rings (SSSR count). The zero-order valence-corrected chi connectivity index (χ0v) is 16.1. The zero-order valence-electron chi connectivity index (χ0n) is 16.1. The molecule has 0 amide bonds. The molecule has 4 aromatic rings. The third-order valence-corrected chi connectivity index (χ3v) is 4.66. The second-order valence-corrected chi connectivity index (χ2v) is 6.78. The Bertz CT molecular complexity index is 986. The van der Waals surface area contributed by atoms with Crippen LogP contribution in [0.15, 0.2) is 85.2 Å². The molecule has 6 heteroatoms. The van der Waals surface area contributed by atoms with Crippen LogP contribution in [0.25, 0.3) is 11.4 Å². The van der Waals surface area contributed by atoms with Crippen LogP contribution in [0, 0.1) is 0 Å². The van der Waals surface area contributed by atoms with Crippen molar-refractivity contribution >= 4 is 5.69 Å². The van der Waals surface area contributed by atoms with Crippen LogP contribution in [0.1, 0.15) is 17.4 Å². The normalized spacial score (nSPS) is 11.9. The maximum Gasteiger partial charge on any atom is 0.174 e. The molecule has 3 N–H and O–H groups in total. The third-order valence-electron chi connectivity index (χ3n) is 4.66. The van der Waals surface area contributed by atoms with Gasteiger partial charge in [0, 0.05) is 30.2 Å². The Kier molecular flexibility index (Phi) is 6.24. The summed E-state index contributed by atoms with van der Waals surface area (Å²) in [6.45, 7) is 1.61. The van der Waals surface area contributed by atoms with Crippen molar-refractivity contribution < 1.29 is 0 Å². The smallest absolute Gasteiger partial charge is 0.174 e. The summed E-state index contributed by atoms with van der Waals surface area (Å²) in [6, 6.07) is 24.4. The molecule has 0 spiro atoms. The molecule has 0 aliphatic carbocycles. The summed E-state index contributed by atoms with van der Waals surface area (Å²) in [5.41, 5.74) is 3.33. The van der Waals surface area contributed by atoms with Gasteiger partial charge in [-0.05, 0) is 42.8 Å². The number of nitrogens with zero attached hydrogens (tertiary/aromatic N) is 3. The van der Waals surface area contributed by atoms with Crippen LogP contribution in [0.2, 0.25) is 0 Å². The Morgan fingerprint density at radius 1 is 0.862 bits per heavy atom. The Morgan fingerprint density at radius 3 is 2.34 bits per heavy atom. The van der Waals surface area contributed by atoms with Gasteiger partial charge >= 0.3 is 0 Å². The molecular formula is C23H24N6. The highest BCUT2D eigenvalue weighted by molar-refractivity contribution is 5.53. The van der Waals surface area contributed by atoms with Gasteiger partial charge in [-0.2, -0.15) is 5.10 Å². The lowest BCUT2D eigenvalue weighted by molar-refractivity contribution is 0.603. The van der Waals surface area contributed by atoms with Crippen LogP contribution in [0.3, 0.4) is 0 Å². The lowest BCUT2D eigenvalue weighted by Gasteiger charge is -2.18. The van der Waals surface area contributed by atoms with Crippen LogP contribution in [-0.2, 0) is 6.42 Å². The van der Waals surface area contributed by atoms with Gasteiger partial charge in [-0.25, -0.2) is 4.98 Å². The minimum atomic E-state index is -0.0555. The predicted molar refractivity (Wildman–Crippen MR) is 115 cm³/mol. The summed E-state index contributed by atoms with van der Waals surface area (Å²) in [6.07, 6.45) is 4.49. The fourth-order valence-electron chi connectivity index (χ4n) is 3.14. The molecule has 2 aromatic heterocycles. The molecule has 1 atom stereocenters. The van der Waals surface area contributed by atoms with Crippen molar-refractivity contribution in [3.05, 3.63) is 96.6 Å². The lowest BCUT2D eigenvalue weighted by atomic mass is 10.1. The molecule has 0 saturated heterocycles. The highest BCUT2D eigenvalue weighted by atomic mass is 15.2. The number of aromatic nitrogens is 4. The van der Waals surface area contributed by atoms with Gasteiger partial charge < -0.3 is 10.6 Å². The highest BCUT2D eigenvalue weighted by Gasteiger charge is 2.17. The van der Waals surface area contributed by atoms with Crippen molar-refractivity contribution in [2.45, 2.75) is 12.5 Å². The number of anilines is 1. The molecule has 0 bridgehead atoms. The second-order valence-electron chi connectivity index (χ2n) is 6.78. The Morgan fingerprint density at radius 2 is 1.59 bits per heavy atom. The van der Waals surface area contributed by atoms with Crippen molar-refractivity contribution in [2.75, 3.05) is 18.4 Å². The summed E-state index contributed by atoms with van der Waals surface area (Å²) in [7, 11) is 0. The van der Waals surface area contributed by atoms with Crippen molar-refractivity contribution in [1.82, 2.24) is 25.5 Å². The van der Waals surface area contributed by atoms with E-state index in [1.807, 2.05) is 48.5 Å². The molecular weight excluding hydrogens is 360 g/mol. The van der Waals surface area contributed by atoms with E-state index in [0.29, 0.717) is 0 Å². The van der Waals surface area contributed by atoms with Gasteiger partial charge in [0.15, 0.2) is 11.6 Å². The molecule has 6 nitrogen and oxygen atoms in total. The van der Waals surface area contributed by atoms with Crippen LogP contribution in [-0.4, -0.2) is 33.3 Å². The van der Waals surface area contributed by atoms with Crippen molar-refractivity contribution in [1.29, 1.82) is 0 Å². The highest BCUT2D eigenvalue weighted by Crippen LogP contribution is 2.19. The summed E-state index contributed by atoms with van der Waals surface area (Å²) < 4.78 is 0. The van der Waals surface area contributed by atoms with Gasteiger partial charge in [-0.15, -0.1) is 0 Å².